The van der Waals surface area contributed by atoms with Gasteiger partial charge in [-0.25, -0.2) is 9.36 Å². The van der Waals surface area contributed by atoms with Crippen LogP contribution in [0.4, 0.5) is 0 Å². The maximum Gasteiger partial charge on any atom is 0.161 e. The van der Waals surface area contributed by atoms with Crippen molar-refractivity contribution in [2.45, 2.75) is 19.7 Å². The number of para-hydroxylation sites is 1. The van der Waals surface area contributed by atoms with Crippen LogP contribution in [-0.2, 0) is 5.88 Å². The van der Waals surface area contributed by atoms with Crippen LogP contribution in [0.15, 0.2) is 36.5 Å². The number of halogens is 2. The van der Waals surface area contributed by atoms with E-state index in [2.05, 4.69) is 10.2 Å². The molecule has 0 saturated heterocycles. The van der Waals surface area contributed by atoms with Gasteiger partial charge in [0.2, 0.25) is 0 Å². The van der Waals surface area contributed by atoms with E-state index in [4.69, 9.17) is 23.2 Å². The van der Waals surface area contributed by atoms with Gasteiger partial charge in [0.15, 0.2) is 5.82 Å². The van der Waals surface area contributed by atoms with Crippen molar-refractivity contribution in [3.8, 4) is 11.5 Å². The second kappa shape index (κ2) is 5.54. The SMILES string of the molecule is Cc1nn(-c2c(CCl)c(C)nn2-c2ccccc2)cc1Cl. The molecular weight excluding hydrogens is 307 g/mol. The maximum atomic E-state index is 6.13. The van der Waals surface area contributed by atoms with E-state index in [1.807, 2.05) is 48.9 Å². The van der Waals surface area contributed by atoms with Crippen molar-refractivity contribution in [2.75, 3.05) is 0 Å². The van der Waals surface area contributed by atoms with Crippen LogP contribution in [0.3, 0.4) is 0 Å². The van der Waals surface area contributed by atoms with Gasteiger partial charge in [0.25, 0.3) is 0 Å². The molecule has 3 rings (SSSR count). The number of alkyl halides is 1. The van der Waals surface area contributed by atoms with E-state index in [-0.39, 0.29) is 0 Å². The molecule has 0 radical (unpaired) electrons. The third kappa shape index (κ3) is 2.45. The van der Waals surface area contributed by atoms with Gasteiger partial charge in [-0.1, -0.05) is 29.8 Å². The fraction of sp³-hybridized carbons (Fsp3) is 0.200. The Labute approximate surface area is 132 Å². The Hall–Kier alpha value is -1.78. The van der Waals surface area contributed by atoms with E-state index >= 15 is 0 Å². The third-order valence-electron chi connectivity index (χ3n) is 3.35. The molecule has 4 nitrogen and oxygen atoms in total. The molecule has 0 bridgehead atoms. The van der Waals surface area contributed by atoms with Crippen molar-refractivity contribution in [1.29, 1.82) is 0 Å². The highest BCUT2D eigenvalue weighted by Gasteiger charge is 2.19. The van der Waals surface area contributed by atoms with E-state index in [1.54, 1.807) is 10.9 Å². The Kier molecular flexibility index (Phi) is 3.74. The maximum absolute atomic E-state index is 6.13. The molecule has 0 N–H and O–H groups in total. The first-order valence-electron chi connectivity index (χ1n) is 6.54. The van der Waals surface area contributed by atoms with E-state index < -0.39 is 0 Å². The fourth-order valence-electron chi connectivity index (χ4n) is 2.24. The molecule has 108 valence electrons. The van der Waals surface area contributed by atoms with Crippen molar-refractivity contribution >= 4 is 23.2 Å². The Bertz CT molecular complexity index is 755. The van der Waals surface area contributed by atoms with Crippen molar-refractivity contribution in [3.63, 3.8) is 0 Å². The summed E-state index contributed by atoms with van der Waals surface area (Å²) in [5, 5.41) is 9.67. The lowest BCUT2D eigenvalue weighted by molar-refractivity contribution is 0.752. The summed E-state index contributed by atoms with van der Waals surface area (Å²) in [6.07, 6.45) is 1.78. The predicted octanol–water partition coefficient (Wildman–Crippen LogP) is 4.07. The second-order valence-corrected chi connectivity index (χ2v) is 5.45. The predicted molar refractivity (Wildman–Crippen MR) is 84.7 cm³/mol. The fourth-order valence-corrected chi connectivity index (χ4v) is 2.68. The molecule has 0 saturated carbocycles. The third-order valence-corrected chi connectivity index (χ3v) is 3.99. The Morgan fingerprint density at radius 2 is 1.76 bits per heavy atom. The van der Waals surface area contributed by atoms with Crippen molar-refractivity contribution < 1.29 is 0 Å². The minimum absolute atomic E-state index is 0.366. The van der Waals surface area contributed by atoms with Gasteiger partial charge in [0.05, 0.1) is 34.2 Å². The van der Waals surface area contributed by atoms with Crippen LogP contribution in [0.25, 0.3) is 11.5 Å². The van der Waals surface area contributed by atoms with Gasteiger partial charge in [-0.3, -0.25) is 0 Å². The van der Waals surface area contributed by atoms with Gasteiger partial charge < -0.3 is 0 Å². The molecule has 0 atom stereocenters. The molecule has 0 aliphatic carbocycles. The van der Waals surface area contributed by atoms with Gasteiger partial charge in [0, 0.05) is 5.56 Å². The van der Waals surface area contributed by atoms with Crippen LogP contribution in [-0.4, -0.2) is 19.6 Å². The van der Waals surface area contributed by atoms with Crippen LogP contribution in [0.5, 0.6) is 0 Å². The second-order valence-electron chi connectivity index (χ2n) is 4.78. The number of rotatable bonds is 3. The minimum atomic E-state index is 0.366. The highest BCUT2D eigenvalue weighted by Crippen LogP contribution is 2.25. The van der Waals surface area contributed by atoms with Crippen LogP contribution in [0, 0.1) is 13.8 Å². The normalized spacial score (nSPS) is 11.0. The summed E-state index contributed by atoms with van der Waals surface area (Å²) in [5.74, 6) is 1.19. The summed E-state index contributed by atoms with van der Waals surface area (Å²) in [5.41, 5.74) is 3.56. The molecule has 0 aliphatic heterocycles. The zero-order chi connectivity index (χ0) is 15.0. The smallest absolute Gasteiger partial charge is 0.161 e. The van der Waals surface area contributed by atoms with Crippen LogP contribution < -0.4 is 0 Å². The Morgan fingerprint density at radius 3 is 2.33 bits per heavy atom. The number of hydrogen-bond acceptors (Lipinski definition) is 2. The van der Waals surface area contributed by atoms with E-state index in [9.17, 15) is 0 Å². The summed E-state index contributed by atoms with van der Waals surface area (Å²) < 4.78 is 3.58. The first-order valence-corrected chi connectivity index (χ1v) is 7.45. The minimum Gasteiger partial charge on any atom is -0.220 e. The molecule has 0 fully saturated rings. The lowest BCUT2D eigenvalue weighted by Gasteiger charge is -2.08. The molecular formula is C15H14Cl2N4. The van der Waals surface area contributed by atoms with Crippen LogP contribution in [0.2, 0.25) is 5.02 Å². The number of aryl methyl sites for hydroxylation is 2. The first-order chi connectivity index (χ1) is 10.1. The van der Waals surface area contributed by atoms with Gasteiger partial charge in [-0.05, 0) is 26.0 Å². The molecule has 6 heteroatoms. The average molecular weight is 321 g/mol. The van der Waals surface area contributed by atoms with Crippen molar-refractivity contribution in [1.82, 2.24) is 19.6 Å². The van der Waals surface area contributed by atoms with Gasteiger partial charge in [-0.2, -0.15) is 10.2 Å². The molecule has 0 aliphatic rings. The van der Waals surface area contributed by atoms with Gasteiger partial charge in [0.1, 0.15) is 0 Å². The molecule has 0 spiro atoms. The number of aromatic nitrogens is 4. The van der Waals surface area contributed by atoms with Crippen molar-refractivity contribution in [2.24, 2.45) is 0 Å². The largest absolute Gasteiger partial charge is 0.220 e. The number of nitrogens with zero attached hydrogens (tertiary/aromatic N) is 4. The number of benzene rings is 1. The van der Waals surface area contributed by atoms with Crippen LogP contribution in [0.1, 0.15) is 17.0 Å². The molecule has 0 amide bonds. The lowest BCUT2D eigenvalue weighted by atomic mass is 10.2. The highest BCUT2D eigenvalue weighted by molar-refractivity contribution is 6.31. The highest BCUT2D eigenvalue weighted by atomic mass is 35.5. The lowest BCUT2D eigenvalue weighted by Crippen LogP contribution is -2.07. The molecule has 2 aromatic heterocycles. The Balaban J connectivity index is 2.27. The Morgan fingerprint density at radius 1 is 1.05 bits per heavy atom. The summed E-state index contributed by atoms with van der Waals surface area (Å²) >= 11 is 12.2. The quantitative estimate of drug-likeness (QED) is 0.682. The zero-order valence-corrected chi connectivity index (χ0v) is 13.2. The summed E-state index contributed by atoms with van der Waals surface area (Å²) in [6.45, 7) is 3.81. The number of hydrogen-bond donors (Lipinski definition) is 0. The summed E-state index contributed by atoms with van der Waals surface area (Å²) in [6, 6.07) is 9.89. The topological polar surface area (TPSA) is 35.6 Å². The molecule has 3 aromatic rings. The monoisotopic (exact) mass is 320 g/mol. The summed E-state index contributed by atoms with van der Waals surface area (Å²) in [7, 11) is 0. The molecule has 0 unspecified atom stereocenters. The van der Waals surface area contributed by atoms with Crippen molar-refractivity contribution in [3.05, 3.63) is 58.5 Å². The zero-order valence-electron chi connectivity index (χ0n) is 11.7. The molecule has 1 aromatic carbocycles. The first kappa shape index (κ1) is 14.2. The average Bonchev–Trinajstić information content (AvgIpc) is 3.00. The molecule has 21 heavy (non-hydrogen) atoms. The van der Waals surface area contributed by atoms with Gasteiger partial charge >= 0.3 is 0 Å². The molecule has 2 heterocycles. The summed E-state index contributed by atoms with van der Waals surface area (Å²) in [4.78, 5) is 0. The van der Waals surface area contributed by atoms with Gasteiger partial charge in [-0.15, -0.1) is 11.6 Å². The van der Waals surface area contributed by atoms with E-state index in [0.717, 1.165) is 28.5 Å². The van der Waals surface area contributed by atoms with Crippen LogP contribution >= 0.6 is 23.2 Å². The van der Waals surface area contributed by atoms with E-state index in [1.165, 1.54) is 0 Å². The standard InChI is InChI=1S/C15H14Cl2N4/c1-10-13(8-16)15(20-9-14(17)11(2)18-20)21(19-10)12-6-4-3-5-7-12/h3-7,9H,8H2,1-2H3. The van der Waals surface area contributed by atoms with E-state index in [0.29, 0.717) is 10.9 Å².